The molecule has 2 aromatic carbocycles. The van der Waals surface area contributed by atoms with Crippen LogP contribution in [0.15, 0.2) is 36.4 Å². The number of nitrogens with zero attached hydrogens (tertiary/aromatic N) is 1. The lowest BCUT2D eigenvalue weighted by Gasteiger charge is -2.36. The van der Waals surface area contributed by atoms with Gasteiger partial charge in [-0.05, 0) is 76.6 Å². The molecule has 0 heterocycles. The number of ether oxygens (including phenoxy) is 1. The summed E-state index contributed by atoms with van der Waals surface area (Å²) in [7, 11) is 0. The van der Waals surface area contributed by atoms with Gasteiger partial charge < -0.3 is 20.3 Å². The van der Waals surface area contributed by atoms with Gasteiger partial charge in [0.25, 0.3) is 5.91 Å². The number of hydrogen-bond donors (Lipinski definition) is 2. The van der Waals surface area contributed by atoms with Gasteiger partial charge in [-0.1, -0.05) is 68.3 Å². The van der Waals surface area contributed by atoms with Crippen molar-refractivity contribution in [2.24, 2.45) is 5.92 Å². The fourth-order valence-electron chi connectivity index (χ4n) is 4.22. The maximum absolute atomic E-state index is 14.1. The van der Waals surface area contributed by atoms with Crippen molar-refractivity contribution in [3.8, 4) is 0 Å². The maximum atomic E-state index is 14.1. The SMILES string of the molecule is CCCN(C(=O)C(NC(=O)OC(C)(C)C)C(C)C)C(C(=O)Nc1c(C)cccc1Cl)c1cc(C)ccc1C. The van der Waals surface area contributed by atoms with Crippen LogP contribution in [0.4, 0.5) is 10.5 Å². The van der Waals surface area contributed by atoms with Gasteiger partial charge in [0.2, 0.25) is 5.91 Å². The van der Waals surface area contributed by atoms with Crippen LogP contribution < -0.4 is 10.6 Å². The molecule has 0 saturated carbocycles. The van der Waals surface area contributed by atoms with Crippen molar-refractivity contribution in [2.75, 3.05) is 11.9 Å². The zero-order valence-electron chi connectivity index (χ0n) is 24.1. The van der Waals surface area contributed by atoms with E-state index in [9.17, 15) is 14.4 Å². The van der Waals surface area contributed by atoms with Gasteiger partial charge in [0.15, 0.2) is 0 Å². The van der Waals surface area contributed by atoms with E-state index in [2.05, 4.69) is 10.6 Å². The molecule has 7 nitrogen and oxygen atoms in total. The molecule has 0 radical (unpaired) electrons. The maximum Gasteiger partial charge on any atom is 0.408 e. The fraction of sp³-hybridized carbons (Fsp3) is 0.500. The molecule has 0 aromatic heterocycles. The molecule has 0 spiro atoms. The first-order valence-electron chi connectivity index (χ1n) is 13.1. The second-order valence-electron chi connectivity index (χ2n) is 11.1. The molecule has 38 heavy (non-hydrogen) atoms. The first-order valence-corrected chi connectivity index (χ1v) is 13.5. The van der Waals surface area contributed by atoms with Crippen LogP contribution in [-0.4, -0.2) is 41.0 Å². The van der Waals surface area contributed by atoms with Crippen LogP contribution in [0.1, 0.15) is 76.3 Å². The van der Waals surface area contributed by atoms with E-state index in [-0.39, 0.29) is 17.7 Å². The van der Waals surface area contributed by atoms with E-state index in [0.717, 1.165) is 16.7 Å². The van der Waals surface area contributed by atoms with Crippen molar-refractivity contribution in [3.63, 3.8) is 0 Å². The first-order chi connectivity index (χ1) is 17.7. The summed E-state index contributed by atoms with van der Waals surface area (Å²) in [4.78, 5) is 42.4. The quantitative estimate of drug-likeness (QED) is 0.367. The highest BCUT2D eigenvalue weighted by molar-refractivity contribution is 6.34. The Balaban J connectivity index is 2.59. The monoisotopic (exact) mass is 543 g/mol. The van der Waals surface area contributed by atoms with E-state index in [0.29, 0.717) is 29.2 Å². The molecular formula is C30H42ClN3O4. The lowest BCUT2D eigenvalue weighted by Crippen LogP contribution is -2.54. The smallest absolute Gasteiger partial charge is 0.408 e. The summed E-state index contributed by atoms with van der Waals surface area (Å²) in [5.74, 6) is -0.983. The number of benzene rings is 2. The lowest BCUT2D eigenvalue weighted by molar-refractivity contribution is -0.141. The highest BCUT2D eigenvalue weighted by Crippen LogP contribution is 2.31. The number of alkyl carbamates (subject to hydrolysis) is 1. The highest BCUT2D eigenvalue weighted by Gasteiger charge is 2.38. The zero-order valence-corrected chi connectivity index (χ0v) is 24.8. The van der Waals surface area contributed by atoms with E-state index in [4.69, 9.17) is 16.3 Å². The van der Waals surface area contributed by atoms with Crippen LogP contribution in [-0.2, 0) is 14.3 Å². The minimum Gasteiger partial charge on any atom is -0.444 e. The number of carbonyl (C=O) groups is 3. The molecule has 0 fully saturated rings. The predicted octanol–water partition coefficient (Wildman–Crippen LogP) is 6.73. The average Bonchev–Trinajstić information content (AvgIpc) is 2.80. The van der Waals surface area contributed by atoms with Crippen molar-refractivity contribution >= 4 is 35.2 Å². The Bertz CT molecular complexity index is 1140. The van der Waals surface area contributed by atoms with Crippen molar-refractivity contribution in [1.82, 2.24) is 10.2 Å². The van der Waals surface area contributed by atoms with Gasteiger partial charge in [0.05, 0.1) is 10.7 Å². The Morgan fingerprint density at radius 1 is 1.03 bits per heavy atom. The number of nitrogens with one attached hydrogen (secondary N) is 2. The molecule has 2 N–H and O–H groups in total. The Labute approximate surface area is 232 Å². The molecule has 208 valence electrons. The second kappa shape index (κ2) is 13.1. The highest BCUT2D eigenvalue weighted by atomic mass is 35.5. The summed E-state index contributed by atoms with van der Waals surface area (Å²) >= 11 is 6.43. The molecule has 2 aromatic rings. The average molecular weight is 544 g/mol. The van der Waals surface area contributed by atoms with Crippen LogP contribution in [0.3, 0.4) is 0 Å². The van der Waals surface area contributed by atoms with E-state index in [1.54, 1.807) is 31.7 Å². The number of amides is 3. The number of hydrogen-bond acceptors (Lipinski definition) is 4. The van der Waals surface area contributed by atoms with E-state index in [1.165, 1.54) is 0 Å². The van der Waals surface area contributed by atoms with Gasteiger partial charge in [-0.15, -0.1) is 0 Å². The minimum atomic E-state index is -0.945. The van der Waals surface area contributed by atoms with Gasteiger partial charge in [-0.2, -0.15) is 0 Å². The topological polar surface area (TPSA) is 87.7 Å². The Kier molecular flexibility index (Phi) is 10.8. The first kappa shape index (κ1) is 31.2. The van der Waals surface area contributed by atoms with Crippen LogP contribution in [0.5, 0.6) is 0 Å². The number of rotatable bonds is 9. The second-order valence-corrected chi connectivity index (χ2v) is 11.5. The zero-order chi connectivity index (χ0) is 28.8. The minimum absolute atomic E-state index is 0.248. The van der Waals surface area contributed by atoms with Crippen molar-refractivity contribution in [2.45, 2.75) is 86.4 Å². The summed E-state index contributed by atoms with van der Waals surface area (Å²) in [5, 5.41) is 6.14. The van der Waals surface area contributed by atoms with Gasteiger partial charge in [-0.25, -0.2) is 4.79 Å². The number of aryl methyl sites for hydroxylation is 3. The lowest BCUT2D eigenvalue weighted by atomic mass is 9.94. The predicted molar refractivity (Wildman–Crippen MR) is 153 cm³/mol. The van der Waals surface area contributed by atoms with E-state index >= 15 is 0 Å². The number of para-hydroxylation sites is 1. The molecule has 0 aliphatic rings. The third-order valence-electron chi connectivity index (χ3n) is 6.11. The molecule has 8 heteroatoms. The van der Waals surface area contributed by atoms with Crippen molar-refractivity contribution in [1.29, 1.82) is 0 Å². The number of anilines is 1. The third-order valence-corrected chi connectivity index (χ3v) is 6.43. The summed E-state index contributed by atoms with van der Waals surface area (Å²) < 4.78 is 5.43. The molecule has 2 unspecified atom stereocenters. The normalized spacial score (nSPS) is 13.0. The largest absolute Gasteiger partial charge is 0.444 e. The summed E-state index contributed by atoms with van der Waals surface area (Å²) in [6, 6.07) is 9.41. The molecule has 2 rings (SSSR count). The van der Waals surface area contributed by atoms with Crippen molar-refractivity contribution in [3.05, 3.63) is 63.7 Å². The van der Waals surface area contributed by atoms with Crippen LogP contribution in [0.25, 0.3) is 0 Å². The summed E-state index contributed by atoms with van der Waals surface area (Å²) in [5.41, 5.74) is 3.16. The van der Waals surface area contributed by atoms with Crippen LogP contribution in [0, 0.1) is 26.7 Å². The fourth-order valence-corrected chi connectivity index (χ4v) is 4.49. The van der Waals surface area contributed by atoms with Crippen molar-refractivity contribution < 1.29 is 19.1 Å². The number of carbonyl (C=O) groups excluding carboxylic acids is 3. The summed E-state index contributed by atoms with van der Waals surface area (Å²) in [6.45, 7) is 17.0. The van der Waals surface area contributed by atoms with E-state index in [1.807, 2.05) is 71.9 Å². The van der Waals surface area contributed by atoms with Gasteiger partial charge >= 0.3 is 6.09 Å². The summed E-state index contributed by atoms with van der Waals surface area (Å²) in [6.07, 6.45) is -0.0663. The Hall–Kier alpha value is -3.06. The Morgan fingerprint density at radius 3 is 2.24 bits per heavy atom. The van der Waals surface area contributed by atoms with E-state index < -0.39 is 23.8 Å². The molecule has 0 aliphatic heterocycles. The standard InChI is InChI=1S/C30H42ClN3O4/c1-10-16-34(28(36)24(18(2)3)33-29(37)38-30(7,8)9)26(22-17-19(4)14-15-20(22)5)27(35)32-25-21(6)12-11-13-23(25)31/h11-15,17-18,24,26H,10,16H2,1-9H3,(H,32,35)(H,33,37). The molecule has 3 amide bonds. The molecular weight excluding hydrogens is 502 g/mol. The number of halogens is 1. The van der Waals surface area contributed by atoms with Gasteiger partial charge in [0.1, 0.15) is 17.7 Å². The molecule has 0 bridgehead atoms. The molecule has 0 saturated heterocycles. The van der Waals surface area contributed by atoms with Crippen LogP contribution in [0.2, 0.25) is 5.02 Å². The molecule has 2 atom stereocenters. The van der Waals surface area contributed by atoms with Gasteiger partial charge in [0, 0.05) is 6.54 Å². The third kappa shape index (κ3) is 8.22. The van der Waals surface area contributed by atoms with Gasteiger partial charge in [-0.3, -0.25) is 9.59 Å². The van der Waals surface area contributed by atoms with Crippen LogP contribution >= 0.6 is 11.6 Å². The Morgan fingerprint density at radius 2 is 1.68 bits per heavy atom. The molecule has 0 aliphatic carbocycles.